The van der Waals surface area contributed by atoms with E-state index in [9.17, 15) is 0 Å². The van der Waals surface area contributed by atoms with E-state index in [-0.39, 0.29) is 12.1 Å². The van der Waals surface area contributed by atoms with Gasteiger partial charge in [-0.15, -0.1) is 0 Å². The van der Waals surface area contributed by atoms with Crippen molar-refractivity contribution < 1.29 is 9.47 Å². The van der Waals surface area contributed by atoms with Crippen LogP contribution in [0, 0.1) is 5.92 Å². The minimum absolute atomic E-state index is 0.0604. The predicted octanol–water partition coefficient (Wildman–Crippen LogP) is 0.613. The Hall–Kier alpha value is -1.60. The Morgan fingerprint density at radius 1 is 1.27 bits per heavy atom. The summed E-state index contributed by atoms with van der Waals surface area (Å²) in [4.78, 5) is 13.2. The van der Waals surface area contributed by atoms with Crippen LogP contribution in [0.4, 0.5) is 11.8 Å². The highest BCUT2D eigenvalue weighted by molar-refractivity contribution is 5.46. The second-order valence-electron chi connectivity index (χ2n) is 6.49. The maximum absolute atomic E-state index is 5.86. The number of ether oxygens (including phenoxy) is 2. The molecule has 2 atom stereocenters. The van der Waals surface area contributed by atoms with Gasteiger partial charge in [0.25, 0.3) is 0 Å². The summed E-state index contributed by atoms with van der Waals surface area (Å²) >= 11 is 0. The molecule has 0 amide bonds. The third-order valence-corrected chi connectivity index (χ3v) is 4.13. The number of likely N-dealkylation sites (N-methyl/N-ethyl adjacent to an activating group) is 1. The normalized spacial score (nSPS) is 26.1. The van der Waals surface area contributed by atoms with Crippen LogP contribution in [-0.4, -0.2) is 66.9 Å². The Kier molecular flexibility index (Phi) is 4.35. The molecule has 1 aromatic heterocycles. The molecule has 2 fully saturated rings. The molecule has 2 aliphatic heterocycles. The van der Waals surface area contributed by atoms with Gasteiger partial charge in [-0.1, -0.05) is 0 Å². The van der Waals surface area contributed by atoms with Crippen molar-refractivity contribution in [3.63, 3.8) is 0 Å². The fourth-order valence-electron chi connectivity index (χ4n) is 3.13. The molecule has 2 bridgehead atoms. The number of rotatable bonds is 3. The summed E-state index contributed by atoms with van der Waals surface area (Å²) in [5.41, 5.74) is 5.86. The van der Waals surface area contributed by atoms with Crippen LogP contribution in [0.25, 0.3) is 0 Å². The lowest BCUT2D eigenvalue weighted by atomic mass is 10.1. The van der Waals surface area contributed by atoms with Gasteiger partial charge in [-0.3, -0.25) is 4.90 Å². The number of nitrogens with zero attached hydrogens (tertiary/aromatic N) is 4. The standard InChI is InChI=1S/C15H25N5O2/c1-10(2)22-14-4-13(17-15(16)18-14)20-6-11-5-19(3)12(7-20)9-21-8-11/h4,10-12H,5-9H2,1-3H3,(H2,16,17,18)/t11-,12+/m1/s1. The first kappa shape index (κ1) is 15.3. The first-order chi connectivity index (χ1) is 10.5. The van der Waals surface area contributed by atoms with Crippen LogP contribution in [0.3, 0.4) is 0 Å². The molecule has 1 aromatic rings. The molecule has 0 saturated carbocycles. The van der Waals surface area contributed by atoms with Gasteiger partial charge in [0.2, 0.25) is 11.8 Å². The van der Waals surface area contributed by atoms with E-state index >= 15 is 0 Å². The van der Waals surface area contributed by atoms with Gasteiger partial charge in [0.05, 0.1) is 25.4 Å². The monoisotopic (exact) mass is 307 g/mol. The molecule has 0 radical (unpaired) electrons. The Labute approximate surface area is 131 Å². The summed E-state index contributed by atoms with van der Waals surface area (Å²) in [5, 5.41) is 0. The zero-order valence-corrected chi connectivity index (χ0v) is 13.5. The molecular weight excluding hydrogens is 282 g/mol. The lowest BCUT2D eigenvalue weighted by molar-refractivity contribution is 0.0929. The summed E-state index contributed by atoms with van der Waals surface area (Å²) in [6.45, 7) is 8.36. The van der Waals surface area contributed by atoms with Gasteiger partial charge < -0.3 is 20.1 Å². The Bertz CT molecular complexity index is 525. The Balaban J connectivity index is 1.85. The van der Waals surface area contributed by atoms with Gasteiger partial charge in [0, 0.05) is 31.6 Å². The molecule has 0 aliphatic carbocycles. The van der Waals surface area contributed by atoms with E-state index < -0.39 is 0 Å². The lowest BCUT2D eigenvalue weighted by Crippen LogP contribution is -2.42. The SMILES string of the molecule is CC(C)Oc1cc(N2C[C@@H]3COC[C@H](C2)N(C)C3)nc(N)n1. The minimum Gasteiger partial charge on any atom is -0.475 e. The van der Waals surface area contributed by atoms with Crippen LogP contribution in [-0.2, 0) is 4.74 Å². The van der Waals surface area contributed by atoms with Gasteiger partial charge >= 0.3 is 0 Å². The number of nitrogen functional groups attached to an aromatic ring is 1. The third-order valence-electron chi connectivity index (χ3n) is 4.13. The number of anilines is 2. The van der Waals surface area contributed by atoms with Crippen molar-refractivity contribution in [2.45, 2.75) is 26.0 Å². The molecule has 3 rings (SSSR count). The molecule has 2 N–H and O–H groups in total. The second-order valence-corrected chi connectivity index (χ2v) is 6.49. The fourth-order valence-corrected chi connectivity index (χ4v) is 3.13. The molecular formula is C15H25N5O2. The smallest absolute Gasteiger partial charge is 0.225 e. The average Bonchev–Trinajstić information content (AvgIpc) is 2.65. The zero-order chi connectivity index (χ0) is 15.7. The summed E-state index contributed by atoms with van der Waals surface area (Å²) < 4.78 is 11.4. The van der Waals surface area contributed by atoms with Crippen molar-refractivity contribution in [3.8, 4) is 5.88 Å². The Morgan fingerprint density at radius 3 is 2.86 bits per heavy atom. The number of aromatic nitrogens is 2. The maximum atomic E-state index is 5.86. The average molecular weight is 307 g/mol. The van der Waals surface area contributed by atoms with Crippen LogP contribution in [0.5, 0.6) is 5.88 Å². The van der Waals surface area contributed by atoms with Crippen LogP contribution in [0.1, 0.15) is 13.8 Å². The van der Waals surface area contributed by atoms with Gasteiger partial charge in [0.1, 0.15) is 5.82 Å². The number of hydrogen-bond acceptors (Lipinski definition) is 7. The molecule has 2 saturated heterocycles. The summed E-state index contributed by atoms with van der Waals surface area (Å²) in [5.74, 6) is 2.11. The first-order valence-electron chi connectivity index (χ1n) is 7.85. The fraction of sp³-hybridized carbons (Fsp3) is 0.733. The van der Waals surface area contributed by atoms with E-state index in [0.717, 1.165) is 38.7 Å². The van der Waals surface area contributed by atoms with Crippen molar-refractivity contribution >= 4 is 11.8 Å². The van der Waals surface area contributed by atoms with E-state index in [1.807, 2.05) is 19.9 Å². The molecule has 3 heterocycles. The van der Waals surface area contributed by atoms with E-state index in [2.05, 4.69) is 26.8 Å². The zero-order valence-electron chi connectivity index (χ0n) is 13.5. The largest absolute Gasteiger partial charge is 0.475 e. The molecule has 0 aromatic carbocycles. The highest BCUT2D eigenvalue weighted by Gasteiger charge is 2.32. The number of fused-ring (bicyclic) bond motifs is 3. The predicted molar refractivity (Wildman–Crippen MR) is 85.1 cm³/mol. The van der Waals surface area contributed by atoms with Crippen molar-refractivity contribution in [1.29, 1.82) is 0 Å². The van der Waals surface area contributed by atoms with Gasteiger partial charge in [-0.2, -0.15) is 9.97 Å². The second kappa shape index (κ2) is 6.26. The lowest BCUT2D eigenvalue weighted by Gasteiger charge is -2.30. The summed E-state index contributed by atoms with van der Waals surface area (Å²) in [6.07, 6.45) is 0.0604. The Morgan fingerprint density at radius 2 is 2.09 bits per heavy atom. The van der Waals surface area contributed by atoms with E-state index in [1.54, 1.807) is 0 Å². The molecule has 0 unspecified atom stereocenters. The maximum Gasteiger partial charge on any atom is 0.225 e. The van der Waals surface area contributed by atoms with Crippen molar-refractivity contribution in [1.82, 2.24) is 14.9 Å². The molecule has 0 spiro atoms. The van der Waals surface area contributed by atoms with Crippen LogP contribution in [0.15, 0.2) is 6.07 Å². The van der Waals surface area contributed by atoms with E-state index in [1.165, 1.54) is 0 Å². The van der Waals surface area contributed by atoms with E-state index in [0.29, 0.717) is 17.8 Å². The quantitative estimate of drug-likeness (QED) is 0.877. The molecule has 7 nitrogen and oxygen atoms in total. The van der Waals surface area contributed by atoms with Crippen LogP contribution < -0.4 is 15.4 Å². The summed E-state index contributed by atoms with van der Waals surface area (Å²) in [7, 11) is 2.16. The van der Waals surface area contributed by atoms with Gasteiger partial charge in [-0.25, -0.2) is 0 Å². The van der Waals surface area contributed by atoms with E-state index in [4.69, 9.17) is 15.2 Å². The van der Waals surface area contributed by atoms with Crippen molar-refractivity contribution in [2.24, 2.45) is 5.92 Å². The number of nitrogens with two attached hydrogens (primary N) is 1. The minimum atomic E-state index is 0.0604. The number of hydrogen-bond donors (Lipinski definition) is 1. The van der Waals surface area contributed by atoms with Crippen molar-refractivity contribution in [3.05, 3.63) is 6.07 Å². The summed E-state index contributed by atoms with van der Waals surface area (Å²) in [6, 6.07) is 2.26. The highest BCUT2D eigenvalue weighted by Crippen LogP contribution is 2.25. The molecule has 2 aliphatic rings. The molecule has 122 valence electrons. The van der Waals surface area contributed by atoms with Gasteiger partial charge in [-0.05, 0) is 20.9 Å². The first-order valence-corrected chi connectivity index (χ1v) is 7.85. The van der Waals surface area contributed by atoms with Gasteiger partial charge in [0.15, 0.2) is 0 Å². The molecule has 22 heavy (non-hydrogen) atoms. The van der Waals surface area contributed by atoms with Crippen LogP contribution >= 0.6 is 0 Å². The topological polar surface area (TPSA) is 76.7 Å². The van der Waals surface area contributed by atoms with Crippen LogP contribution in [0.2, 0.25) is 0 Å². The van der Waals surface area contributed by atoms with Crippen molar-refractivity contribution in [2.75, 3.05) is 50.5 Å². The molecule has 7 heteroatoms. The highest BCUT2D eigenvalue weighted by atomic mass is 16.5. The third kappa shape index (κ3) is 3.41.